The Morgan fingerprint density at radius 1 is 1.22 bits per heavy atom. The van der Waals surface area contributed by atoms with Gasteiger partial charge in [0.1, 0.15) is 11.8 Å². The van der Waals surface area contributed by atoms with Crippen molar-refractivity contribution in [3.8, 4) is 6.07 Å². The summed E-state index contributed by atoms with van der Waals surface area (Å²) in [7, 11) is 1.67. The molecule has 98 valence electrons. The van der Waals surface area contributed by atoms with Crippen LogP contribution in [0, 0.1) is 11.3 Å². The normalized spacial score (nSPS) is 10.2. The zero-order chi connectivity index (χ0) is 13.1. The lowest BCUT2D eigenvalue weighted by atomic mass is 10.2. The molecule has 0 saturated heterocycles. The second kappa shape index (κ2) is 9.54. The summed E-state index contributed by atoms with van der Waals surface area (Å²) in [6.45, 7) is 2.83. The fraction of sp³-hybridized carbons (Fsp3) is 0.538. The van der Waals surface area contributed by atoms with E-state index in [2.05, 4.69) is 4.98 Å². The van der Waals surface area contributed by atoms with Crippen molar-refractivity contribution in [3.63, 3.8) is 0 Å². The molecular weight excluding hydrogens is 232 g/mol. The van der Waals surface area contributed by atoms with Crippen molar-refractivity contribution in [1.29, 1.82) is 5.26 Å². The topological polar surface area (TPSA) is 64.4 Å². The van der Waals surface area contributed by atoms with E-state index in [9.17, 15) is 0 Å². The minimum Gasteiger partial charge on any atom is -0.385 e. The summed E-state index contributed by atoms with van der Waals surface area (Å²) in [6, 6.07) is 5.67. The van der Waals surface area contributed by atoms with Gasteiger partial charge in [-0.1, -0.05) is 6.07 Å². The first-order chi connectivity index (χ1) is 8.88. The molecule has 1 rings (SSSR count). The molecule has 5 nitrogen and oxygen atoms in total. The lowest BCUT2D eigenvalue weighted by Crippen LogP contribution is -2.07. The van der Waals surface area contributed by atoms with Crippen LogP contribution in [-0.2, 0) is 20.8 Å². The molecule has 5 heteroatoms. The largest absolute Gasteiger partial charge is 0.385 e. The monoisotopic (exact) mass is 250 g/mol. The molecule has 0 aliphatic carbocycles. The van der Waals surface area contributed by atoms with E-state index in [4.69, 9.17) is 19.5 Å². The fourth-order valence-electron chi connectivity index (χ4n) is 1.36. The van der Waals surface area contributed by atoms with Gasteiger partial charge in [-0.2, -0.15) is 5.26 Å². The van der Waals surface area contributed by atoms with Gasteiger partial charge in [-0.25, -0.2) is 4.98 Å². The molecule has 18 heavy (non-hydrogen) atoms. The van der Waals surface area contributed by atoms with Gasteiger partial charge in [0.2, 0.25) is 0 Å². The number of nitrogens with zero attached hydrogens (tertiary/aromatic N) is 2. The van der Waals surface area contributed by atoms with Crippen molar-refractivity contribution in [3.05, 3.63) is 29.6 Å². The molecule has 0 aliphatic heterocycles. The predicted octanol–water partition coefficient (Wildman–Crippen LogP) is 1.52. The second-order valence-corrected chi connectivity index (χ2v) is 3.63. The first kappa shape index (κ1) is 14.6. The minimum atomic E-state index is 0.387. The SMILES string of the molecule is COCCCOCCOCc1cccnc1C#N. The van der Waals surface area contributed by atoms with Gasteiger partial charge in [-0.05, 0) is 12.5 Å². The average Bonchev–Trinajstić information content (AvgIpc) is 2.42. The maximum Gasteiger partial charge on any atom is 0.145 e. The first-order valence-corrected chi connectivity index (χ1v) is 5.87. The van der Waals surface area contributed by atoms with Crippen LogP contribution in [0.25, 0.3) is 0 Å². The van der Waals surface area contributed by atoms with E-state index in [0.717, 1.165) is 12.0 Å². The van der Waals surface area contributed by atoms with Gasteiger partial charge >= 0.3 is 0 Å². The molecule has 0 bridgehead atoms. The third-order valence-corrected chi connectivity index (χ3v) is 2.26. The van der Waals surface area contributed by atoms with E-state index in [1.807, 2.05) is 12.1 Å². The number of rotatable bonds is 9. The van der Waals surface area contributed by atoms with Gasteiger partial charge in [0.05, 0.1) is 19.8 Å². The van der Waals surface area contributed by atoms with Gasteiger partial charge in [0.15, 0.2) is 0 Å². The number of methoxy groups -OCH3 is 1. The van der Waals surface area contributed by atoms with E-state index in [1.165, 1.54) is 0 Å². The van der Waals surface area contributed by atoms with Crippen molar-refractivity contribution >= 4 is 0 Å². The number of pyridine rings is 1. The molecule has 0 N–H and O–H groups in total. The van der Waals surface area contributed by atoms with E-state index in [1.54, 1.807) is 19.4 Å². The van der Waals surface area contributed by atoms with Crippen LogP contribution < -0.4 is 0 Å². The average molecular weight is 250 g/mol. The Labute approximate surface area is 107 Å². The van der Waals surface area contributed by atoms with E-state index in [-0.39, 0.29) is 0 Å². The van der Waals surface area contributed by atoms with Crippen LogP contribution in [0.2, 0.25) is 0 Å². The zero-order valence-corrected chi connectivity index (χ0v) is 10.6. The molecular formula is C13H18N2O3. The fourth-order valence-corrected chi connectivity index (χ4v) is 1.36. The van der Waals surface area contributed by atoms with Crippen molar-refractivity contribution in [2.24, 2.45) is 0 Å². The van der Waals surface area contributed by atoms with Gasteiger partial charge in [0.25, 0.3) is 0 Å². The van der Waals surface area contributed by atoms with E-state index in [0.29, 0.717) is 38.7 Å². The predicted molar refractivity (Wildman–Crippen MR) is 65.9 cm³/mol. The van der Waals surface area contributed by atoms with Crippen LogP contribution in [0.3, 0.4) is 0 Å². The zero-order valence-electron chi connectivity index (χ0n) is 10.6. The molecule has 1 aromatic heterocycles. The van der Waals surface area contributed by atoms with Gasteiger partial charge in [0, 0.05) is 32.1 Å². The lowest BCUT2D eigenvalue weighted by molar-refractivity contribution is 0.0335. The first-order valence-electron chi connectivity index (χ1n) is 5.87. The van der Waals surface area contributed by atoms with Crippen LogP contribution in [-0.4, -0.2) is 38.5 Å². The molecule has 0 atom stereocenters. The van der Waals surface area contributed by atoms with Gasteiger partial charge in [-0.15, -0.1) is 0 Å². The Hall–Kier alpha value is -1.48. The molecule has 0 aliphatic rings. The second-order valence-electron chi connectivity index (χ2n) is 3.63. The lowest BCUT2D eigenvalue weighted by Gasteiger charge is -2.06. The third kappa shape index (κ3) is 5.73. The van der Waals surface area contributed by atoms with Crippen molar-refractivity contribution in [2.45, 2.75) is 13.0 Å². The molecule has 1 heterocycles. The Morgan fingerprint density at radius 3 is 2.83 bits per heavy atom. The van der Waals surface area contributed by atoms with Crippen LogP contribution in [0.5, 0.6) is 0 Å². The van der Waals surface area contributed by atoms with Crippen molar-refractivity contribution in [2.75, 3.05) is 33.5 Å². The number of hydrogen-bond acceptors (Lipinski definition) is 5. The molecule has 0 radical (unpaired) electrons. The highest BCUT2D eigenvalue weighted by Crippen LogP contribution is 2.05. The highest BCUT2D eigenvalue weighted by molar-refractivity contribution is 5.29. The molecule has 0 spiro atoms. The molecule has 0 fully saturated rings. The molecule has 0 saturated carbocycles. The molecule has 0 unspecified atom stereocenters. The standard InChI is InChI=1S/C13H18N2O3/c1-16-6-3-7-17-8-9-18-11-12-4-2-5-15-13(12)10-14/h2,4-5H,3,6-9,11H2,1H3. The number of ether oxygens (including phenoxy) is 3. The molecule has 1 aromatic rings. The maximum atomic E-state index is 8.84. The van der Waals surface area contributed by atoms with E-state index < -0.39 is 0 Å². The Bertz CT molecular complexity index is 377. The smallest absolute Gasteiger partial charge is 0.145 e. The molecule has 0 aromatic carbocycles. The highest BCUT2D eigenvalue weighted by Gasteiger charge is 2.01. The summed E-state index contributed by atoms with van der Waals surface area (Å²) < 4.78 is 15.7. The van der Waals surface area contributed by atoms with Crippen LogP contribution >= 0.6 is 0 Å². The summed E-state index contributed by atoms with van der Waals surface area (Å²) in [5.74, 6) is 0. The quantitative estimate of drug-likeness (QED) is 0.622. The van der Waals surface area contributed by atoms with Crippen LogP contribution in [0.1, 0.15) is 17.7 Å². The Morgan fingerprint density at radius 2 is 2.06 bits per heavy atom. The highest BCUT2D eigenvalue weighted by atomic mass is 16.5. The van der Waals surface area contributed by atoms with Gasteiger partial charge in [-0.3, -0.25) is 0 Å². The molecule has 0 amide bonds. The number of hydrogen-bond donors (Lipinski definition) is 0. The van der Waals surface area contributed by atoms with Crippen molar-refractivity contribution < 1.29 is 14.2 Å². The summed E-state index contributed by atoms with van der Waals surface area (Å²) in [6.07, 6.45) is 2.48. The number of aromatic nitrogens is 1. The Balaban J connectivity index is 2.09. The summed E-state index contributed by atoms with van der Waals surface area (Å²) in [4.78, 5) is 3.96. The van der Waals surface area contributed by atoms with Gasteiger partial charge < -0.3 is 14.2 Å². The Kier molecular flexibility index (Phi) is 7.73. The summed E-state index contributed by atoms with van der Waals surface area (Å²) in [5, 5.41) is 8.84. The minimum absolute atomic E-state index is 0.387. The summed E-state index contributed by atoms with van der Waals surface area (Å²) >= 11 is 0. The maximum absolute atomic E-state index is 8.84. The van der Waals surface area contributed by atoms with Crippen LogP contribution in [0.4, 0.5) is 0 Å². The number of nitriles is 1. The van der Waals surface area contributed by atoms with Crippen molar-refractivity contribution in [1.82, 2.24) is 4.98 Å². The summed E-state index contributed by atoms with van der Waals surface area (Å²) in [5.41, 5.74) is 1.22. The third-order valence-electron chi connectivity index (χ3n) is 2.26. The van der Waals surface area contributed by atoms with Crippen LogP contribution in [0.15, 0.2) is 18.3 Å². The van der Waals surface area contributed by atoms with E-state index >= 15 is 0 Å².